The minimum absolute atomic E-state index is 0.0401. The summed E-state index contributed by atoms with van der Waals surface area (Å²) in [4.78, 5) is 2.11. The number of nitrogens with zero attached hydrogens (tertiary/aromatic N) is 1. The van der Waals surface area contributed by atoms with Gasteiger partial charge in [0.25, 0.3) is 0 Å². The fraction of sp³-hybridized carbons (Fsp3) is 0.778. The third-order valence-electron chi connectivity index (χ3n) is 1.14. The first-order valence-corrected chi connectivity index (χ1v) is 6.83. The number of hydrogen-bond donors (Lipinski definition) is 0. The van der Waals surface area contributed by atoms with E-state index in [2.05, 4.69) is 35.8 Å². The van der Waals surface area contributed by atoms with E-state index in [0.29, 0.717) is 0 Å². The predicted molar refractivity (Wildman–Crippen MR) is 51.8 cm³/mol. The molecule has 0 aromatic heterocycles. The van der Waals surface area contributed by atoms with Crippen LogP contribution in [0.2, 0.25) is 4.47 Å². The normalized spacial score (nSPS) is 9.45. The Balaban J connectivity index is 3.12. The van der Waals surface area contributed by atoms with E-state index in [0.717, 1.165) is 6.54 Å². The van der Waals surface area contributed by atoms with Crippen molar-refractivity contribution in [1.82, 2.24) is 4.90 Å². The monoisotopic (exact) mass is 269 g/mol. The first kappa shape index (κ1) is 11.3. The Kier molecular flexibility index (Phi) is 8.64. The molecule has 0 N–H and O–H groups in total. The van der Waals surface area contributed by atoms with Crippen LogP contribution in [0.4, 0.5) is 0 Å². The summed E-state index contributed by atoms with van der Waals surface area (Å²) >= 11 is 0.0401. The molecule has 0 aromatic carbocycles. The number of rotatable bonds is 4. The van der Waals surface area contributed by atoms with Crippen LogP contribution in [0.15, 0.2) is 0 Å². The Morgan fingerprint density at radius 3 is 2.64 bits per heavy atom. The maximum atomic E-state index is 3.29. The van der Waals surface area contributed by atoms with Gasteiger partial charge in [-0.25, -0.2) is 0 Å². The fourth-order valence-corrected chi connectivity index (χ4v) is 2.51. The Labute approximate surface area is 80.6 Å². The third kappa shape index (κ3) is 10.3. The van der Waals surface area contributed by atoms with E-state index in [1.165, 1.54) is 17.3 Å². The molecule has 0 aliphatic carbocycles. The van der Waals surface area contributed by atoms with E-state index in [1.807, 2.05) is 0 Å². The molecule has 2 heteroatoms. The molecule has 11 heavy (non-hydrogen) atoms. The zero-order chi connectivity index (χ0) is 8.53. The summed E-state index contributed by atoms with van der Waals surface area (Å²) < 4.78 is 4.68. The van der Waals surface area contributed by atoms with Crippen molar-refractivity contribution in [3.63, 3.8) is 0 Å². The SMILES string of the molecule is CCCC[Te]C#CCN(C)C. The van der Waals surface area contributed by atoms with E-state index >= 15 is 0 Å². The van der Waals surface area contributed by atoms with Crippen LogP contribution in [-0.4, -0.2) is 46.5 Å². The van der Waals surface area contributed by atoms with E-state index in [1.54, 1.807) is 0 Å². The van der Waals surface area contributed by atoms with Crippen LogP contribution in [0.25, 0.3) is 0 Å². The molecule has 0 rings (SSSR count). The van der Waals surface area contributed by atoms with Crippen LogP contribution in [0, 0.1) is 9.89 Å². The first-order chi connectivity index (χ1) is 5.27. The zero-order valence-electron chi connectivity index (χ0n) is 7.68. The molecule has 0 atom stereocenters. The van der Waals surface area contributed by atoms with Gasteiger partial charge in [0.1, 0.15) is 0 Å². The minimum atomic E-state index is 0.0401. The fourth-order valence-electron chi connectivity index (χ4n) is 0.509. The van der Waals surface area contributed by atoms with Crippen LogP contribution >= 0.6 is 0 Å². The van der Waals surface area contributed by atoms with Crippen molar-refractivity contribution in [1.29, 1.82) is 0 Å². The van der Waals surface area contributed by atoms with Crippen molar-refractivity contribution in [2.75, 3.05) is 20.6 Å². The van der Waals surface area contributed by atoms with Gasteiger partial charge in [0.05, 0.1) is 0 Å². The summed E-state index contributed by atoms with van der Waals surface area (Å²) in [6, 6.07) is 0. The third-order valence-corrected chi connectivity index (χ3v) is 3.37. The van der Waals surface area contributed by atoms with Gasteiger partial charge in [-0.05, 0) is 0 Å². The van der Waals surface area contributed by atoms with Crippen LogP contribution in [0.1, 0.15) is 19.8 Å². The van der Waals surface area contributed by atoms with Crippen LogP contribution < -0.4 is 0 Å². The molecule has 0 heterocycles. The topological polar surface area (TPSA) is 3.24 Å². The summed E-state index contributed by atoms with van der Waals surface area (Å²) in [5.41, 5.74) is 0. The Hall–Kier alpha value is 0.310. The van der Waals surface area contributed by atoms with E-state index < -0.39 is 0 Å². The van der Waals surface area contributed by atoms with Gasteiger partial charge >= 0.3 is 80.6 Å². The quantitative estimate of drug-likeness (QED) is 0.423. The number of unbranched alkanes of at least 4 members (excludes halogenated alkanes) is 1. The van der Waals surface area contributed by atoms with Crippen molar-refractivity contribution in [3.8, 4) is 9.89 Å². The van der Waals surface area contributed by atoms with Gasteiger partial charge in [-0.1, -0.05) is 0 Å². The summed E-state index contributed by atoms with van der Waals surface area (Å²) in [5, 5.41) is 0. The van der Waals surface area contributed by atoms with Gasteiger partial charge in [0.15, 0.2) is 0 Å². The van der Waals surface area contributed by atoms with Crippen molar-refractivity contribution in [2.45, 2.75) is 24.2 Å². The van der Waals surface area contributed by atoms with Gasteiger partial charge in [-0.3, -0.25) is 0 Å². The van der Waals surface area contributed by atoms with Crippen molar-refractivity contribution < 1.29 is 0 Å². The van der Waals surface area contributed by atoms with Gasteiger partial charge in [-0.15, -0.1) is 0 Å². The molecule has 0 fully saturated rings. The maximum absolute atomic E-state index is 3.29. The van der Waals surface area contributed by atoms with Crippen molar-refractivity contribution in [2.24, 2.45) is 0 Å². The summed E-state index contributed by atoms with van der Waals surface area (Å²) in [5.74, 6) is 3.18. The summed E-state index contributed by atoms with van der Waals surface area (Å²) in [6.07, 6.45) is 2.69. The van der Waals surface area contributed by atoms with Crippen LogP contribution in [0.3, 0.4) is 0 Å². The first-order valence-electron chi connectivity index (χ1n) is 4.01. The Morgan fingerprint density at radius 1 is 1.36 bits per heavy atom. The second-order valence-corrected chi connectivity index (χ2v) is 5.29. The van der Waals surface area contributed by atoms with Gasteiger partial charge in [0.2, 0.25) is 0 Å². The molecule has 0 bridgehead atoms. The zero-order valence-corrected chi connectivity index (χ0v) is 10.0. The molecular weight excluding hydrogens is 250 g/mol. The molecule has 0 aliphatic heterocycles. The Morgan fingerprint density at radius 2 is 2.09 bits per heavy atom. The van der Waals surface area contributed by atoms with Crippen molar-refractivity contribution >= 4 is 20.9 Å². The molecule has 0 spiro atoms. The number of hydrogen-bond acceptors (Lipinski definition) is 1. The van der Waals surface area contributed by atoms with E-state index in [4.69, 9.17) is 0 Å². The van der Waals surface area contributed by atoms with Crippen LogP contribution in [0.5, 0.6) is 0 Å². The molecule has 0 radical (unpaired) electrons. The Bertz CT molecular complexity index is 132. The standard InChI is InChI=1S/C9H17NTe/c1-4-5-8-11-9-6-7-10(2)3/h4-5,7-8H2,1-3H3. The van der Waals surface area contributed by atoms with Crippen LogP contribution in [-0.2, 0) is 0 Å². The van der Waals surface area contributed by atoms with Gasteiger partial charge in [0, 0.05) is 0 Å². The van der Waals surface area contributed by atoms with Gasteiger partial charge in [-0.2, -0.15) is 0 Å². The molecule has 0 saturated heterocycles. The van der Waals surface area contributed by atoms with Gasteiger partial charge < -0.3 is 0 Å². The molecule has 64 valence electrons. The predicted octanol–water partition coefficient (Wildman–Crippen LogP) is 1.43. The molecular formula is C9H17NTe. The van der Waals surface area contributed by atoms with E-state index in [9.17, 15) is 0 Å². The second-order valence-electron chi connectivity index (χ2n) is 2.72. The molecule has 0 aliphatic rings. The molecule has 0 unspecified atom stereocenters. The molecule has 0 aromatic rings. The average Bonchev–Trinajstić information content (AvgIpc) is 1.96. The van der Waals surface area contributed by atoms with Crippen molar-refractivity contribution in [3.05, 3.63) is 0 Å². The summed E-state index contributed by atoms with van der Waals surface area (Å²) in [6.45, 7) is 3.16. The molecule has 1 nitrogen and oxygen atoms in total. The molecule has 0 amide bonds. The average molecular weight is 267 g/mol. The van der Waals surface area contributed by atoms with E-state index in [-0.39, 0.29) is 20.9 Å². The second kappa shape index (κ2) is 8.41. The molecule has 0 saturated carbocycles. The summed E-state index contributed by atoms with van der Waals surface area (Å²) in [7, 11) is 4.11.